The highest BCUT2D eigenvalue weighted by Gasteiger charge is 2.20. The number of aryl methyl sites for hydroxylation is 1. The molecule has 0 aliphatic carbocycles. The largest absolute Gasteiger partial charge is 0.368 e. The second kappa shape index (κ2) is 6.48. The molecule has 0 atom stereocenters. The molecule has 0 aliphatic rings. The minimum atomic E-state index is 0.0857. The second-order valence-electron chi connectivity index (χ2n) is 5.30. The number of hydrogen-bond acceptors (Lipinski definition) is 4. The Labute approximate surface area is 118 Å². The quantitative estimate of drug-likeness (QED) is 0.820. The molecule has 0 aliphatic heterocycles. The van der Waals surface area contributed by atoms with Gasteiger partial charge in [-0.1, -0.05) is 6.92 Å². The fourth-order valence-corrected chi connectivity index (χ4v) is 1.78. The Kier molecular flexibility index (Phi) is 5.53. The Morgan fingerprint density at radius 1 is 1.33 bits per heavy atom. The number of halogens is 1. The van der Waals surface area contributed by atoms with Gasteiger partial charge in [-0.2, -0.15) is 0 Å². The summed E-state index contributed by atoms with van der Waals surface area (Å²) in [6.07, 6.45) is 1.96. The lowest BCUT2D eigenvalue weighted by Gasteiger charge is -2.32. The first-order chi connectivity index (χ1) is 8.35. The van der Waals surface area contributed by atoms with E-state index in [-0.39, 0.29) is 5.54 Å². The van der Waals surface area contributed by atoms with Gasteiger partial charge in [0.25, 0.3) is 0 Å². The van der Waals surface area contributed by atoms with Crippen LogP contribution in [0.25, 0.3) is 0 Å². The third-order valence-electron chi connectivity index (χ3n) is 3.13. The zero-order chi connectivity index (χ0) is 13.8. The molecule has 0 bridgehead atoms. The minimum absolute atomic E-state index is 0.0857. The van der Waals surface area contributed by atoms with E-state index < -0.39 is 0 Å². The van der Waals surface area contributed by atoms with Crippen molar-refractivity contribution in [1.29, 1.82) is 0 Å². The van der Waals surface area contributed by atoms with E-state index in [0.717, 1.165) is 35.6 Å². The molecule has 0 fully saturated rings. The fraction of sp³-hybridized carbons (Fsp3) is 0.692. The Balaban J connectivity index is 2.73. The molecule has 0 amide bonds. The van der Waals surface area contributed by atoms with Crippen LogP contribution >= 0.6 is 15.9 Å². The minimum Gasteiger partial charge on any atom is -0.368 e. The fourth-order valence-electron chi connectivity index (χ4n) is 1.36. The van der Waals surface area contributed by atoms with Gasteiger partial charge in [-0.05, 0) is 50.3 Å². The van der Waals surface area contributed by atoms with Crippen LogP contribution in [0.2, 0.25) is 0 Å². The third-order valence-corrected chi connectivity index (χ3v) is 3.53. The highest BCUT2D eigenvalue weighted by molar-refractivity contribution is 9.10. The molecule has 1 rings (SSSR count). The molecule has 1 aromatic heterocycles. The number of rotatable bonds is 6. The van der Waals surface area contributed by atoms with Crippen LogP contribution in [0.15, 0.2) is 10.7 Å². The molecule has 5 heteroatoms. The Morgan fingerprint density at radius 2 is 2.00 bits per heavy atom. The molecular formula is C13H23BrN4. The van der Waals surface area contributed by atoms with Crippen LogP contribution in [0.3, 0.4) is 0 Å². The first-order valence-corrected chi connectivity index (χ1v) is 7.09. The molecule has 0 radical (unpaired) electrons. The van der Waals surface area contributed by atoms with Crippen molar-refractivity contribution in [3.8, 4) is 0 Å². The molecule has 1 heterocycles. The van der Waals surface area contributed by atoms with Gasteiger partial charge in [0.15, 0.2) is 0 Å². The van der Waals surface area contributed by atoms with Gasteiger partial charge in [-0.25, -0.2) is 9.97 Å². The zero-order valence-corrected chi connectivity index (χ0v) is 13.5. The van der Waals surface area contributed by atoms with Crippen molar-refractivity contribution in [3.05, 3.63) is 16.5 Å². The summed E-state index contributed by atoms with van der Waals surface area (Å²) in [6.45, 7) is 7.37. The van der Waals surface area contributed by atoms with E-state index in [0.29, 0.717) is 0 Å². The van der Waals surface area contributed by atoms with E-state index in [2.05, 4.69) is 71.0 Å². The Hall–Kier alpha value is -0.680. The summed E-state index contributed by atoms with van der Waals surface area (Å²) in [7, 11) is 4.17. The first kappa shape index (κ1) is 15.4. The summed E-state index contributed by atoms with van der Waals surface area (Å²) in [5.41, 5.74) is 0.0857. The maximum Gasteiger partial charge on any atom is 0.132 e. The van der Waals surface area contributed by atoms with Crippen LogP contribution in [0.4, 0.5) is 5.82 Å². The monoisotopic (exact) mass is 314 g/mol. The van der Waals surface area contributed by atoms with E-state index >= 15 is 0 Å². The predicted octanol–water partition coefficient (Wildman–Crippen LogP) is 2.94. The third kappa shape index (κ3) is 4.53. The molecule has 1 aromatic rings. The molecule has 4 nitrogen and oxygen atoms in total. The van der Waals surface area contributed by atoms with Crippen LogP contribution in [-0.2, 0) is 6.42 Å². The number of aromatic nitrogens is 2. The second-order valence-corrected chi connectivity index (χ2v) is 6.12. The summed E-state index contributed by atoms with van der Waals surface area (Å²) >= 11 is 3.43. The molecule has 0 aromatic carbocycles. The highest BCUT2D eigenvalue weighted by Crippen LogP contribution is 2.16. The van der Waals surface area contributed by atoms with Crippen molar-refractivity contribution in [2.24, 2.45) is 0 Å². The lowest BCUT2D eigenvalue weighted by atomic mass is 10.0. The number of nitrogens with one attached hydrogen (secondary N) is 1. The number of hydrogen-bond donors (Lipinski definition) is 1. The summed E-state index contributed by atoms with van der Waals surface area (Å²) in [6, 6.07) is 1.92. The number of likely N-dealkylation sites (N-methyl/N-ethyl adjacent to an activating group) is 1. The molecule has 102 valence electrons. The predicted molar refractivity (Wildman–Crippen MR) is 80.0 cm³/mol. The van der Waals surface area contributed by atoms with E-state index in [1.54, 1.807) is 0 Å². The average molecular weight is 315 g/mol. The summed E-state index contributed by atoms with van der Waals surface area (Å²) in [5.74, 6) is 1.77. The van der Waals surface area contributed by atoms with Gasteiger partial charge in [0.1, 0.15) is 16.2 Å². The van der Waals surface area contributed by atoms with Crippen molar-refractivity contribution in [3.63, 3.8) is 0 Å². The van der Waals surface area contributed by atoms with Crippen molar-refractivity contribution in [2.75, 3.05) is 26.0 Å². The maximum atomic E-state index is 4.51. The Bertz CT molecular complexity index is 391. The number of nitrogens with zero attached hydrogens (tertiary/aromatic N) is 3. The summed E-state index contributed by atoms with van der Waals surface area (Å²) in [5, 5.41) is 3.38. The molecule has 0 saturated carbocycles. The lowest BCUT2D eigenvalue weighted by molar-refractivity contribution is 0.210. The van der Waals surface area contributed by atoms with Crippen LogP contribution in [0, 0.1) is 0 Å². The van der Waals surface area contributed by atoms with Crippen molar-refractivity contribution >= 4 is 21.7 Å². The molecular weight excluding hydrogens is 292 g/mol. The van der Waals surface area contributed by atoms with Crippen LogP contribution in [-0.4, -0.2) is 41.0 Å². The maximum absolute atomic E-state index is 4.51. The first-order valence-electron chi connectivity index (χ1n) is 6.30. The van der Waals surface area contributed by atoms with E-state index in [1.807, 2.05) is 6.07 Å². The lowest BCUT2D eigenvalue weighted by Crippen LogP contribution is -2.44. The van der Waals surface area contributed by atoms with Gasteiger partial charge in [0.2, 0.25) is 0 Å². The molecule has 18 heavy (non-hydrogen) atoms. The van der Waals surface area contributed by atoms with Gasteiger partial charge < -0.3 is 10.2 Å². The molecule has 0 saturated heterocycles. The zero-order valence-electron chi connectivity index (χ0n) is 11.9. The highest BCUT2D eigenvalue weighted by atomic mass is 79.9. The summed E-state index contributed by atoms with van der Waals surface area (Å²) in [4.78, 5) is 11.1. The van der Waals surface area contributed by atoms with Crippen LogP contribution < -0.4 is 5.32 Å². The van der Waals surface area contributed by atoms with Crippen molar-refractivity contribution in [1.82, 2.24) is 14.9 Å². The van der Waals surface area contributed by atoms with Gasteiger partial charge in [0, 0.05) is 24.6 Å². The van der Waals surface area contributed by atoms with Crippen LogP contribution in [0.5, 0.6) is 0 Å². The van der Waals surface area contributed by atoms with Gasteiger partial charge in [-0.3, -0.25) is 0 Å². The number of anilines is 1. The van der Waals surface area contributed by atoms with E-state index in [9.17, 15) is 0 Å². The van der Waals surface area contributed by atoms with E-state index in [1.165, 1.54) is 0 Å². The average Bonchev–Trinajstić information content (AvgIpc) is 2.26. The van der Waals surface area contributed by atoms with Crippen LogP contribution in [0.1, 0.15) is 33.0 Å². The van der Waals surface area contributed by atoms with Gasteiger partial charge in [0.05, 0.1) is 0 Å². The molecule has 0 unspecified atom stereocenters. The SMILES string of the molecule is CCCc1nc(Br)cc(NCC(C)(C)N(C)C)n1. The topological polar surface area (TPSA) is 41.1 Å². The van der Waals surface area contributed by atoms with Crippen molar-refractivity contribution in [2.45, 2.75) is 39.2 Å². The normalized spacial score (nSPS) is 11.9. The van der Waals surface area contributed by atoms with Crippen molar-refractivity contribution < 1.29 is 0 Å². The standard InChI is InChI=1S/C13H23BrN4/c1-6-7-11-16-10(14)8-12(17-11)15-9-13(2,3)18(4)5/h8H,6-7,9H2,1-5H3,(H,15,16,17). The van der Waals surface area contributed by atoms with Gasteiger partial charge >= 0.3 is 0 Å². The summed E-state index contributed by atoms with van der Waals surface area (Å²) < 4.78 is 0.839. The molecule has 0 spiro atoms. The smallest absolute Gasteiger partial charge is 0.132 e. The molecule has 1 N–H and O–H groups in total. The van der Waals surface area contributed by atoms with E-state index in [4.69, 9.17) is 0 Å². The Morgan fingerprint density at radius 3 is 2.56 bits per heavy atom. The van der Waals surface area contributed by atoms with Gasteiger partial charge in [-0.15, -0.1) is 0 Å².